The molecule has 4 rings (SSSR count). The van der Waals surface area contributed by atoms with Crippen LogP contribution in [0.25, 0.3) is 0 Å². The van der Waals surface area contributed by atoms with Crippen molar-refractivity contribution in [3.8, 4) is 0 Å². The van der Waals surface area contributed by atoms with E-state index in [4.69, 9.17) is 4.99 Å². The van der Waals surface area contributed by atoms with E-state index in [1.807, 2.05) is 0 Å². The van der Waals surface area contributed by atoms with E-state index in [-0.39, 0.29) is 0 Å². The lowest BCUT2D eigenvalue weighted by molar-refractivity contribution is 0.805. The fourth-order valence-corrected chi connectivity index (χ4v) is 7.00. The summed E-state index contributed by atoms with van der Waals surface area (Å²) in [5.74, 6) is 1.32. The highest BCUT2D eigenvalue weighted by molar-refractivity contribution is 7.80. The lowest BCUT2D eigenvalue weighted by Gasteiger charge is -2.22. The molecule has 0 aromatic heterocycles. The van der Waals surface area contributed by atoms with E-state index in [1.165, 1.54) is 38.2 Å². The predicted molar refractivity (Wildman–Crippen MR) is 161 cm³/mol. The number of hydrogen-bond donors (Lipinski definition) is 0. The molecule has 184 valence electrons. The molecule has 0 fully saturated rings. The fraction of sp³-hybridized carbons (Fsp3) is 0.265. The molecule has 1 nitrogen and oxygen atoms in total. The zero-order valence-electron chi connectivity index (χ0n) is 22.4. The maximum absolute atomic E-state index is 5.24. The first-order chi connectivity index (χ1) is 17.4. The molecule has 0 amide bonds. The van der Waals surface area contributed by atoms with E-state index in [0.717, 1.165) is 5.69 Å². The highest BCUT2D eigenvalue weighted by Gasteiger charge is 2.20. The predicted octanol–water partition coefficient (Wildman–Crippen LogP) is 8.57. The number of nitrogens with zero attached hydrogens (tertiary/aromatic N) is 1. The third-order valence-corrected chi connectivity index (χ3v) is 9.16. The van der Waals surface area contributed by atoms with Gasteiger partial charge in [0.1, 0.15) is 0 Å². The highest BCUT2D eigenvalue weighted by Crippen LogP contribution is 2.38. The molecule has 2 heteroatoms. The van der Waals surface area contributed by atoms with Crippen LogP contribution in [0.5, 0.6) is 0 Å². The maximum Gasteiger partial charge on any atom is 0.0699 e. The minimum atomic E-state index is -0.692. The Morgan fingerprint density at radius 2 is 1.06 bits per heavy atom. The molecule has 36 heavy (non-hydrogen) atoms. The highest BCUT2D eigenvalue weighted by atomic mass is 31.1. The van der Waals surface area contributed by atoms with Gasteiger partial charge < -0.3 is 0 Å². The van der Waals surface area contributed by atoms with E-state index < -0.39 is 7.92 Å². The Kier molecular flexibility index (Phi) is 8.55. The standard InChI is InChI=1S/C34H38NP/c1-24(2)28-21-31(25(3)4)34(32(22-28)26(5)6)35-23-27-15-13-14-20-33(27)36(29-16-9-7-10-17-29)30-18-11-8-12-19-30/h7-26H,1-6H3. The Morgan fingerprint density at radius 3 is 1.53 bits per heavy atom. The summed E-state index contributed by atoms with van der Waals surface area (Å²) in [4.78, 5) is 5.24. The van der Waals surface area contributed by atoms with Crippen molar-refractivity contribution in [1.82, 2.24) is 0 Å². The Labute approximate surface area is 219 Å². The summed E-state index contributed by atoms with van der Waals surface area (Å²) < 4.78 is 0. The normalized spacial score (nSPS) is 11.9. The van der Waals surface area contributed by atoms with Gasteiger partial charge in [0.2, 0.25) is 0 Å². The van der Waals surface area contributed by atoms with Gasteiger partial charge in [-0.25, -0.2) is 0 Å². The smallest absolute Gasteiger partial charge is 0.0699 e. The zero-order chi connectivity index (χ0) is 25.7. The lowest BCUT2D eigenvalue weighted by Crippen LogP contribution is -2.23. The van der Waals surface area contributed by atoms with Gasteiger partial charge in [-0.15, -0.1) is 0 Å². The summed E-state index contributed by atoms with van der Waals surface area (Å²) in [7, 11) is -0.692. The third kappa shape index (κ3) is 5.85. The molecule has 0 spiro atoms. The van der Waals surface area contributed by atoms with Crippen molar-refractivity contribution in [2.24, 2.45) is 4.99 Å². The number of aliphatic imine (C=N–C) groups is 1. The van der Waals surface area contributed by atoms with E-state index in [0.29, 0.717) is 17.8 Å². The molecule has 0 radical (unpaired) electrons. The van der Waals surface area contributed by atoms with Gasteiger partial charge in [-0.1, -0.05) is 139 Å². The van der Waals surface area contributed by atoms with Crippen LogP contribution in [0.3, 0.4) is 0 Å². The van der Waals surface area contributed by atoms with Crippen molar-refractivity contribution in [3.63, 3.8) is 0 Å². The van der Waals surface area contributed by atoms with Crippen LogP contribution in [0.15, 0.2) is 102 Å². The molecule has 4 aromatic carbocycles. The van der Waals surface area contributed by atoms with Crippen molar-refractivity contribution in [3.05, 3.63) is 119 Å². The van der Waals surface area contributed by atoms with Crippen LogP contribution < -0.4 is 15.9 Å². The van der Waals surface area contributed by atoms with Gasteiger partial charge in [0.25, 0.3) is 0 Å². The van der Waals surface area contributed by atoms with Crippen molar-refractivity contribution < 1.29 is 0 Å². The summed E-state index contributed by atoms with van der Waals surface area (Å²) in [6.45, 7) is 13.7. The summed E-state index contributed by atoms with van der Waals surface area (Å²) in [5.41, 5.74) is 6.41. The van der Waals surface area contributed by atoms with Gasteiger partial charge in [0.15, 0.2) is 0 Å². The molecular weight excluding hydrogens is 453 g/mol. The van der Waals surface area contributed by atoms with Crippen LogP contribution in [0.1, 0.15) is 81.5 Å². The molecule has 0 saturated heterocycles. The second kappa shape index (κ2) is 11.8. The third-order valence-electron chi connectivity index (χ3n) is 6.64. The zero-order valence-corrected chi connectivity index (χ0v) is 23.3. The summed E-state index contributed by atoms with van der Waals surface area (Å²) in [6.07, 6.45) is 2.11. The molecule has 0 heterocycles. The Hall–Kier alpha value is -3.02. The van der Waals surface area contributed by atoms with Gasteiger partial charge in [0.05, 0.1) is 5.69 Å². The van der Waals surface area contributed by atoms with Gasteiger partial charge in [-0.2, -0.15) is 0 Å². The van der Waals surface area contributed by atoms with Crippen molar-refractivity contribution in [2.45, 2.75) is 59.3 Å². The average Bonchev–Trinajstić information content (AvgIpc) is 2.89. The van der Waals surface area contributed by atoms with Crippen molar-refractivity contribution >= 4 is 35.7 Å². The summed E-state index contributed by atoms with van der Waals surface area (Å²) in [6, 6.07) is 35.3. The maximum atomic E-state index is 5.24. The van der Waals surface area contributed by atoms with E-state index >= 15 is 0 Å². The van der Waals surface area contributed by atoms with Gasteiger partial charge in [-0.3, -0.25) is 4.99 Å². The molecule has 0 unspecified atom stereocenters. The first-order valence-corrected chi connectivity index (χ1v) is 14.4. The van der Waals surface area contributed by atoms with Crippen LogP contribution in [0, 0.1) is 0 Å². The molecule has 0 bridgehead atoms. The lowest BCUT2D eigenvalue weighted by atomic mass is 9.87. The second-order valence-electron chi connectivity index (χ2n) is 10.3. The van der Waals surface area contributed by atoms with Crippen LogP contribution >= 0.6 is 7.92 Å². The number of benzene rings is 4. The van der Waals surface area contributed by atoms with Crippen molar-refractivity contribution in [1.29, 1.82) is 0 Å². The molecule has 0 N–H and O–H groups in total. The number of hydrogen-bond acceptors (Lipinski definition) is 1. The summed E-state index contributed by atoms with van der Waals surface area (Å²) >= 11 is 0. The molecule has 0 saturated carbocycles. The first kappa shape index (κ1) is 26.1. The monoisotopic (exact) mass is 491 g/mol. The topological polar surface area (TPSA) is 12.4 Å². The first-order valence-electron chi connectivity index (χ1n) is 13.1. The Balaban J connectivity index is 1.86. The quantitative estimate of drug-likeness (QED) is 0.173. The van der Waals surface area contributed by atoms with Gasteiger partial charge in [0, 0.05) is 11.8 Å². The minimum Gasteiger partial charge on any atom is -0.256 e. The largest absolute Gasteiger partial charge is 0.256 e. The van der Waals surface area contributed by atoms with Crippen LogP contribution in [-0.2, 0) is 0 Å². The minimum absolute atomic E-state index is 0.411. The van der Waals surface area contributed by atoms with Gasteiger partial charge in [-0.05, 0) is 58.3 Å². The molecule has 0 atom stereocenters. The van der Waals surface area contributed by atoms with E-state index in [9.17, 15) is 0 Å². The van der Waals surface area contributed by atoms with Crippen LogP contribution in [0.2, 0.25) is 0 Å². The molecule has 4 aromatic rings. The number of rotatable bonds is 8. The van der Waals surface area contributed by atoms with Crippen molar-refractivity contribution in [2.75, 3.05) is 0 Å². The van der Waals surface area contributed by atoms with E-state index in [1.54, 1.807) is 0 Å². The summed E-state index contributed by atoms with van der Waals surface area (Å²) in [5, 5.41) is 4.04. The Morgan fingerprint density at radius 1 is 0.583 bits per heavy atom. The van der Waals surface area contributed by atoms with Gasteiger partial charge >= 0.3 is 0 Å². The van der Waals surface area contributed by atoms with Crippen LogP contribution in [0.4, 0.5) is 5.69 Å². The SMILES string of the molecule is CC(C)c1cc(C(C)C)c(N=Cc2ccccc2P(c2ccccc2)c2ccccc2)c(C(C)C)c1. The fourth-order valence-electron chi connectivity index (χ4n) is 4.58. The molecule has 0 aliphatic heterocycles. The second-order valence-corrected chi connectivity index (χ2v) is 12.5. The molecular formula is C34H38NP. The Bertz CT molecular complexity index is 1240. The molecule has 0 aliphatic carbocycles. The molecule has 0 aliphatic rings. The average molecular weight is 492 g/mol. The van der Waals surface area contributed by atoms with E-state index in [2.05, 4.69) is 145 Å². The van der Waals surface area contributed by atoms with Crippen LogP contribution in [-0.4, -0.2) is 6.21 Å².